The second-order valence-electron chi connectivity index (χ2n) is 14.0. The van der Waals surface area contributed by atoms with Gasteiger partial charge in [-0.25, -0.2) is 0 Å². The minimum Gasteiger partial charge on any atom is -0.0754 e. The number of fused-ring (bicyclic) bond motifs is 5. The molecule has 0 amide bonds. The third-order valence-corrected chi connectivity index (χ3v) is 11.1. The molecule has 244 valence electrons. The van der Waals surface area contributed by atoms with Crippen LogP contribution in [-0.4, -0.2) is 0 Å². The average Bonchev–Trinajstić information content (AvgIpc) is 3.23. The van der Waals surface area contributed by atoms with E-state index in [1.165, 1.54) is 87.6 Å². The lowest BCUT2D eigenvalue weighted by Crippen LogP contribution is -2.40. The van der Waals surface area contributed by atoms with Gasteiger partial charge in [-0.15, -0.1) is 0 Å². The largest absolute Gasteiger partial charge is 0.0754 e. The molecule has 0 bridgehead atoms. The Morgan fingerprint density at radius 2 is 0.846 bits per heavy atom. The number of hydrogen-bond acceptors (Lipinski definition) is 0. The van der Waals surface area contributed by atoms with Gasteiger partial charge in [0.1, 0.15) is 0 Å². The number of benzene rings is 8. The van der Waals surface area contributed by atoms with Gasteiger partial charge in [0.05, 0.1) is 0 Å². The van der Waals surface area contributed by atoms with Gasteiger partial charge >= 0.3 is 0 Å². The van der Waals surface area contributed by atoms with Gasteiger partial charge in [0.2, 0.25) is 0 Å². The van der Waals surface area contributed by atoms with Crippen LogP contribution in [0.2, 0.25) is 0 Å². The van der Waals surface area contributed by atoms with Gasteiger partial charge in [0.15, 0.2) is 0 Å². The highest BCUT2D eigenvalue weighted by atomic mass is 14.4. The molecule has 2 aliphatic carbocycles. The molecule has 8 aromatic rings. The Balaban J connectivity index is 1.26. The smallest absolute Gasteiger partial charge is 0.0143 e. The van der Waals surface area contributed by atoms with Crippen molar-refractivity contribution in [2.75, 3.05) is 0 Å². The van der Waals surface area contributed by atoms with Gasteiger partial charge in [-0.3, -0.25) is 0 Å². The Labute approximate surface area is 304 Å². The van der Waals surface area contributed by atoms with Crippen LogP contribution in [0, 0.1) is 11.8 Å². The second kappa shape index (κ2) is 12.7. The molecule has 2 aliphatic rings. The normalized spacial score (nSPS) is 16.4. The van der Waals surface area contributed by atoms with Crippen LogP contribution in [0.5, 0.6) is 0 Å². The van der Waals surface area contributed by atoms with E-state index in [0.29, 0.717) is 0 Å². The number of allylic oxidation sites excluding steroid dienone is 4. The molecule has 0 heteroatoms. The molecule has 0 spiro atoms. The van der Waals surface area contributed by atoms with Crippen LogP contribution in [0.15, 0.2) is 206 Å². The minimum atomic E-state index is 0.128. The molecule has 0 aromatic heterocycles. The first-order valence-electron chi connectivity index (χ1n) is 18.3. The SMILES string of the molecule is C1=CC2C(c3ccccc3-c3ccc(-c4ccccc4)cc3)=c3ccccc3=C(c3cc4ccccc4c4ccccc34)C2C=C1c1ccccc1. The Bertz CT molecular complexity index is 2820. The van der Waals surface area contributed by atoms with Crippen molar-refractivity contribution in [3.05, 3.63) is 233 Å². The zero-order valence-electron chi connectivity index (χ0n) is 28.8. The molecule has 52 heavy (non-hydrogen) atoms. The molecular weight excluding hydrogens is 625 g/mol. The van der Waals surface area contributed by atoms with Crippen LogP contribution in [0.4, 0.5) is 0 Å². The van der Waals surface area contributed by atoms with Crippen LogP contribution in [0.3, 0.4) is 0 Å². The first-order chi connectivity index (χ1) is 25.8. The van der Waals surface area contributed by atoms with Crippen LogP contribution in [-0.2, 0) is 0 Å². The summed E-state index contributed by atoms with van der Waals surface area (Å²) >= 11 is 0. The Hall–Kier alpha value is -6.50. The third-order valence-electron chi connectivity index (χ3n) is 11.1. The minimum absolute atomic E-state index is 0.128. The van der Waals surface area contributed by atoms with E-state index in [1.807, 2.05) is 0 Å². The summed E-state index contributed by atoms with van der Waals surface area (Å²) < 4.78 is 0. The maximum Gasteiger partial charge on any atom is 0.0143 e. The Kier molecular flexibility index (Phi) is 7.40. The van der Waals surface area contributed by atoms with Gasteiger partial charge in [0.25, 0.3) is 0 Å². The molecule has 0 nitrogen and oxygen atoms in total. The van der Waals surface area contributed by atoms with Crippen molar-refractivity contribution in [1.29, 1.82) is 0 Å². The fourth-order valence-corrected chi connectivity index (χ4v) is 8.72. The highest BCUT2D eigenvalue weighted by Crippen LogP contribution is 2.46. The average molecular weight is 661 g/mol. The van der Waals surface area contributed by atoms with Gasteiger partial charge in [0, 0.05) is 11.8 Å². The van der Waals surface area contributed by atoms with E-state index >= 15 is 0 Å². The van der Waals surface area contributed by atoms with E-state index in [2.05, 4.69) is 206 Å². The monoisotopic (exact) mass is 660 g/mol. The van der Waals surface area contributed by atoms with Crippen LogP contribution in [0.1, 0.15) is 16.7 Å². The van der Waals surface area contributed by atoms with E-state index < -0.39 is 0 Å². The second-order valence-corrected chi connectivity index (χ2v) is 14.0. The lowest BCUT2D eigenvalue weighted by Gasteiger charge is -2.35. The van der Waals surface area contributed by atoms with Crippen molar-refractivity contribution in [3.8, 4) is 22.3 Å². The number of hydrogen-bond donors (Lipinski definition) is 0. The Morgan fingerprint density at radius 1 is 0.327 bits per heavy atom. The van der Waals surface area contributed by atoms with Gasteiger partial charge in [-0.2, -0.15) is 0 Å². The topological polar surface area (TPSA) is 0 Å². The third kappa shape index (κ3) is 5.07. The van der Waals surface area contributed by atoms with E-state index in [0.717, 1.165) is 0 Å². The van der Waals surface area contributed by atoms with Crippen LogP contribution in [0.25, 0.3) is 60.5 Å². The highest BCUT2D eigenvalue weighted by Gasteiger charge is 2.34. The standard InChI is InChI=1S/C52H36/c1-3-15-35(16-4-1)37-27-29-38(30-28-37)41-20-9-12-24-45(41)51-46-25-13-14-26-47(46)52(50-33-39(31-32-48(50)51)36-17-5-2-6-18-36)49-34-40-19-7-8-21-42(40)43-22-10-11-23-44(43)49/h1-34,48,50H. The molecule has 0 fully saturated rings. The fraction of sp³-hybridized carbons (Fsp3) is 0.0385. The summed E-state index contributed by atoms with van der Waals surface area (Å²) in [4.78, 5) is 0. The molecular formula is C52H36. The lowest BCUT2D eigenvalue weighted by atomic mass is 9.67. The highest BCUT2D eigenvalue weighted by molar-refractivity contribution is 6.12. The molecule has 2 atom stereocenters. The maximum atomic E-state index is 2.55. The molecule has 8 aromatic carbocycles. The Morgan fingerprint density at radius 3 is 1.58 bits per heavy atom. The van der Waals surface area contributed by atoms with Crippen molar-refractivity contribution in [1.82, 2.24) is 0 Å². The summed E-state index contributed by atoms with van der Waals surface area (Å²) in [7, 11) is 0. The molecule has 0 radical (unpaired) electrons. The molecule has 10 rings (SSSR count). The van der Waals surface area contributed by atoms with Crippen molar-refractivity contribution in [2.24, 2.45) is 11.8 Å². The van der Waals surface area contributed by atoms with E-state index in [-0.39, 0.29) is 11.8 Å². The maximum absolute atomic E-state index is 2.55. The molecule has 0 saturated heterocycles. The van der Waals surface area contributed by atoms with E-state index in [9.17, 15) is 0 Å². The van der Waals surface area contributed by atoms with E-state index in [4.69, 9.17) is 0 Å². The zero-order valence-corrected chi connectivity index (χ0v) is 28.8. The summed E-state index contributed by atoms with van der Waals surface area (Å²) in [5, 5.41) is 7.80. The quantitative estimate of drug-likeness (QED) is 0.161. The first kappa shape index (κ1) is 30.3. The molecule has 0 heterocycles. The molecule has 0 aliphatic heterocycles. The van der Waals surface area contributed by atoms with Crippen molar-refractivity contribution < 1.29 is 0 Å². The predicted octanol–water partition coefficient (Wildman–Crippen LogP) is 11.6. The van der Waals surface area contributed by atoms with E-state index in [1.54, 1.807) is 0 Å². The lowest BCUT2D eigenvalue weighted by molar-refractivity contribution is 0.690. The molecule has 2 unspecified atom stereocenters. The van der Waals surface area contributed by atoms with Gasteiger partial charge in [-0.05, 0) is 93.7 Å². The van der Waals surface area contributed by atoms with Crippen LogP contribution >= 0.6 is 0 Å². The first-order valence-corrected chi connectivity index (χ1v) is 18.3. The number of rotatable bonds is 5. The van der Waals surface area contributed by atoms with Crippen molar-refractivity contribution in [2.45, 2.75) is 0 Å². The fourth-order valence-electron chi connectivity index (χ4n) is 8.72. The molecule has 0 N–H and O–H groups in total. The predicted molar refractivity (Wildman–Crippen MR) is 220 cm³/mol. The molecule has 0 saturated carbocycles. The van der Waals surface area contributed by atoms with Crippen molar-refractivity contribution >= 4 is 38.3 Å². The van der Waals surface area contributed by atoms with Crippen molar-refractivity contribution in [3.63, 3.8) is 0 Å². The summed E-state index contributed by atoms with van der Waals surface area (Å²) in [5.74, 6) is 0.274. The summed E-state index contributed by atoms with van der Waals surface area (Å²) in [6, 6.07) is 69.0. The van der Waals surface area contributed by atoms with Gasteiger partial charge < -0.3 is 0 Å². The summed E-state index contributed by atoms with van der Waals surface area (Å²) in [6.07, 6.45) is 7.39. The summed E-state index contributed by atoms with van der Waals surface area (Å²) in [5.41, 5.74) is 12.9. The summed E-state index contributed by atoms with van der Waals surface area (Å²) in [6.45, 7) is 0. The van der Waals surface area contributed by atoms with Crippen LogP contribution < -0.4 is 10.4 Å². The zero-order chi connectivity index (χ0) is 34.4. The van der Waals surface area contributed by atoms with Gasteiger partial charge in [-0.1, -0.05) is 200 Å².